The Hall–Kier alpha value is -1.92. The molecule has 6 heteroatoms. The number of benzene rings is 1. The molecule has 0 bridgehead atoms. The Morgan fingerprint density at radius 3 is 2.24 bits per heavy atom. The Bertz CT molecular complexity index is 688. The van der Waals surface area contributed by atoms with Crippen molar-refractivity contribution in [2.45, 2.75) is 80.4 Å². The highest BCUT2D eigenvalue weighted by Crippen LogP contribution is 2.21. The van der Waals surface area contributed by atoms with Crippen LogP contribution in [0, 0.1) is 17.8 Å². The molecule has 0 amide bonds. The summed E-state index contributed by atoms with van der Waals surface area (Å²) in [5.41, 5.74) is 13.8. The van der Waals surface area contributed by atoms with Gasteiger partial charge in [0.05, 0.1) is 11.5 Å². The van der Waals surface area contributed by atoms with Crippen LogP contribution in [0.4, 0.5) is 5.69 Å². The van der Waals surface area contributed by atoms with Gasteiger partial charge >= 0.3 is 5.97 Å². The number of nitrogens with two attached hydrogens (primary N) is 1. The lowest BCUT2D eigenvalue weighted by Crippen LogP contribution is -2.45. The highest BCUT2D eigenvalue weighted by atomic mass is 16.5. The first-order valence-corrected chi connectivity index (χ1v) is 10.4. The van der Waals surface area contributed by atoms with Gasteiger partial charge < -0.3 is 15.9 Å². The van der Waals surface area contributed by atoms with E-state index in [1.807, 2.05) is 66.7 Å². The molecule has 0 aliphatic carbocycles. The zero-order chi connectivity index (χ0) is 22.2. The summed E-state index contributed by atoms with van der Waals surface area (Å²) in [6.45, 7) is 14.2. The molecule has 164 valence electrons. The number of unbranched alkanes of at least 4 members (excludes halogenated alkanes) is 1. The van der Waals surface area contributed by atoms with Crippen molar-refractivity contribution >= 4 is 17.4 Å². The first-order valence-electron chi connectivity index (χ1n) is 10.4. The summed E-state index contributed by atoms with van der Waals surface area (Å²) in [5, 5.41) is 0. The van der Waals surface area contributed by atoms with E-state index in [1.165, 1.54) is 0 Å². The van der Waals surface area contributed by atoms with Crippen LogP contribution in [0.5, 0.6) is 0 Å². The second kappa shape index (κ2) is 10.7. The third-order valence-electron chi connectivity index (χ3n) is 4.71. The molecule has 0 aliphatic rings. The standard InChI is InChI=1S/C23H39N3O3/c1-16-14-18(12-11-17(16)15-29-21(28)23(5,6)7)25-26-19(10-8-9-13-24)20(27)22(2,3)4/h11-12,14,19,25-26H,8-10,13,15,24H2,1-7H3/t19-/m0/s1. The number of aryl methyl sites for hydroxylation is 1. The molecule has 1 aromatic carbocycles. The minimum Gasteiger partial charge on any atom is -0.460 e. The number of esters is 1. The van der Waals surface area contributed by atoms with Crippen molar-refractivity contribution in [2.75, 3.05) is 12.0 Å². The number of Topliss-reactive ketones (excluding diaryl/α,β-unsaturated/α-hetero) is 1. The van der Waals surface area contributed by atoms with E-state index < -0.39 is 10.8 Å². The summed E-state index contributed by atoms with van der Waals surface area (Å²) >= 11 is 0. The zero-order valence-electron chi connectivity index (χ0n) is 19.1. The molecule has 0 heterocycles. The lowest BCUT2D eigenvalue weighted by atomic mass is 9.85. The average molecular weight is 406 g/mol. The number of carbonyl (C=O) groups is 2. The van der Waals surface area contributed by atoms with Crippen molar-refractivity contribution < 1.29 is 14.3 Å². The number of ketones is 1. The molecule has 0 radical (unpaired) electrons. The summed E-state index contributed by atoms with van der Waals surface area (Å²) in [6, 6.07) is 5.55. The number of hydrazine groups is 1. The van der Waals surface area contributed by atoms with Crippen LogP contribution in [-0.2, 0) is 20.9 Å². The molecule has 1 aromatic rings. The summed E-state index contributed by atoms with van der Waals surface area (Å²) in [4.78, 5) is 24.7. The minimum atomic E-state index is -0.516. The second-order valence-electron chi connectivity index (χ2n) is 9.69. The molecular formula is C23H39N3O3. The smallest absolute Gasteiger partial charge is 0.311 e. The summed E-state index contributed by atoms with van der Waals surface area (Å²) in [7, 11) is 0. The van der Waals surface area contributed by atoms with E-state index in [4.69, 9.17) is 10.5 Å². The predicted octanol–water partition coefficient (Wildman–Crippen LogP) is 4.11. The van der Waals surface area contributed by atoms with E-state index >= 15 is 0 Å². The zero-order valence-corrected chi connectivity index (χ0v) is 19.1. The lowest BCUT2D eigenvalue weighted by molar-refractivity contribution is -0.154. The summed E-state index contributed by atoms with van der Waals surface area (Å²) < 4.78 is 5.41. The van der Waals surface area contributed by atoms with Gasteiger partial charge in [-0.3, -0.25) is 9.59 Å². The van der Waals surface area contributed by atoms with Gasteiger partial charge in [-0.05, 0) is 70.3 Å². The number of rotatable bonds is 10. The van der Waals surface area contributed by atoms with Crippen molar-refractivity contribution in [3.05, 3.63) is 29.3 Å². The van der Waals surface area contributed by atoms with Gasteiger partial charge in [0.1, 0.15) is 6.61 Å². The molecule has 6 nitrogen and oxygen atoms in total. The number of hydrogen-bond donors (Lipinski definition) is 3. The van der Waals surface area contributed by atoms with Crippen molar-refractivity contribution in [2.24, 2.45) is 16.6 Å². The molecule has 0 saturated carbocycles. The van der Waals surface area contributed by atoms with Gasteiger partial charge in [-0.25, -0.2) is 5.43 Å². The Balaban J connectivity index is 2.74. The van der Waals surface area contributed by atoms with E-state index in [-0.39, 0.29) is 24.4 Å². The Labute approximate surface area is 175 Å². The fourth-order valence-corrected chi connectivity index (χ4v) is 2.75. The van der Waals surface area contributed by atoms with Crippen molar-refractivity contribution in [3.8, 4) is 0 Å². The van der Waals surface area contributed by atoms with Gasteiger partial charge in [0.15, 0.2) is 5.78 Å². The third kappa shape index (κ3) is 8.54. The Kier molecular flexibility index (Phi) is 9.30. The van der Waals surface area contributed by atoms with E-state index in [1.54, 1.807) is 0 Å². The fourth-order valence-electron chi connectivity index (χ4n) is 2.75. The van der Waals surface area contributed by atoms with Crippen molar-refractivity contribution in [3.63, 3.8) is 0 Å². The molecule has 0 unspecified atom stereocenters. The van der Waals surface area contributed by atoms with Crippen LogP contribution in [0.25, 0.3) is 0 Å². The predicted molar refractivity (Wildman–Crippen MR) is 118 cm³/mol. The number of hydrogen-bond acceptors (Lipinski definition) is 6. The maximum absolute atomic E-state index is 12.7. The molecule has 1 rings (SSSR count). The molecule has 29 heavy (non-hydrogen) atoms. The Morgan fingerprint density at radius 2 is 1.72 bits per heavy atom. The lowest BCUT2D eigenvalue weighted by Gasteiger charge is -2.26. The molecule has 0 fully saturated rings. The maximum Gasteiger partial charge on any atom is 0.311 e. The van der Waals surface area contributed by atoms with Gasteiger partial charge in [0, 0.05) is 11.1 Å². The monoisotopic (exact) mass is 405 g/mol. The van der Waals surface area contributed by atoms with Crippen LogP contribution in [0.1, 0.15) is 71.9 Å². The van der Waals surface area contributed by atoms with Crippen LogP contribution in [-0.4, -0.2) is 24.3 Å². The number of carbonyl (C=O) groups excluding carboxylic acids is 2. The van der Waals surface area contributed by atoms with Crippen molar-refractivity contribution in [1.82, 2.24) is 5.43 Å². The first-order chi connectivity index (χ1) is 13.4. The largest absolute Gasteiger partial charge is 0.460 e. The van der Waals surface area contributed by atoms with Crippen LogP contribution >= 0.6 is 0 Å². The second-order valence-corrected chi connectivity index (χ2v) is 9.69. The van der Waals surface area contributed by atoms with Gasteiger partial charge in [-0.1, -0.05) is 33.3 Å². The molecule has 4 N–H and O–H groups in total. The SMILES string of the molecule is Cc1cc(NN[C@@H](CCCCN)C(=O)C(C)(C)C)ccc1COC(=O)C(C)(C)C. The van der Waals surface area contributed by atoms with Gasteiger partial charge in [-0.2, -0.15) is 0 Å². The summed E-state index contributed by atoms with van der Waals surface area (Å²) in [6.07, 6.45) is 2.53. The van der Waals surface area contributed by atoms with Crippen molar-refractivity contribution in [1.29, 1.82) is 0 Å². The molecule has 0 spiro atoms. The fraction of sp³-hybridized carbons (Fsp3) is 0.652. The highest BCUT2D eigenvalue weighted by Gasteiger charge is 2.29. The quantitative estimate of drug-likeness (QED) is 0.308. The van der Waals surface area contributed by atoms with Crippen LogP contribution in [0.3, 0.4) is 0 Å². The average Bonchev–Trinajstić information content (AvgIpc) is 2.61. The molecule has 1 atom stereocenters. The van der Waals surface area contributed by atoms with Gasteiger partial charge in [0.2, 0.25) is 0 Å². The van der Waals surface area contributed by atoms with E-state index in [2.05, 4.69) is 10.9 Å². The molecule has 0 saturated heterocycles. The van der Waals surface area contributed by atoms with Crippen LogP contribution < -0.4 is 16.6 Å². The van der Waals surface area contributed by atoms with Gasteiger partial charge in [-0.15, -0.1) is 0 Å². The third-order valence-corrected chi connectivity index (χ3v) is 4.71. The van der Waals surface area contributed by atoms with E-state index in [0.717, 1.165) is 36.1 Å². The van der Waals surface area contributed by atoms with Crippen LogP contribution in [0.2, 0.25) is 0 Å². The molecule has 0 aliphatic heterocycles. The van der Waals surface area contributed by atoms with E-state index in [9.17, 15) is 9.59 Å². The van der Waals surface area contributed by atoms with Gasteiger partial charge in [0.25, 0.3) is 0 Å². The maximum atomic E-state index is 12.7. The normalized spacial score (nSPS) is 13.1. The topological polar surface area (TPSA) is 93.5 Å². The van der Waals surface area contributed by atoms with E-state index in [0.29, 0.717) is 6.54 Å². The minimum absolute atomic E-state index is 0.171. The number of ether oxygens (including phenoxy) is 1. The number of nitrogens with one attached hydrogen (secondary N) is 2. The summed E-state index contributed by atoms with van der Waals surface area (Å²) in [5.74, 6) is -0.0498. The number of anilines is 1. The highest BCUT2D eigenvalue weighted by molar-refractivity contribution is 5.88. The molecule has 0 aromatic heterocycles. The molecular weight excluding hydrogens is 366 g/mol. The first kappa shape index (κ1) is 25.1. The Morgan fingerprint density at radius 1 is 1.07 bits per heavy atom. The van der Waals surface area contributed by atoms with Crippen LogP contribution in [0.15, 0.2) is 18.2 Å².